The molecular formula is C13H16F2N2O3. The molecule has 1 amide bonds. The Kier molecular flexibility index (Phi) is 4.51. The van der Waals surface area contributed by atoms with E-state index in [0.29, 0.717) is 13.1 Å². The highest BCUT2D eigenvalue weighted by Gasteiger charge is 2.31. The average Bonchev–Trinajstić information content (AvgIpc) is 2.83. The summed E-state index contributed by atoms with van der Waals surface area (Å²) in [5.74, 6) is -0.415. The van der Waals surface area contributed by atoms with Crippen LogP contribution in [0.2, 0.25) is 0 Å². The van der Waals surface area contributed by atoms with Gasteiger partial charge in [0.05, 0.1) is 12.1 Å². The number of hydrogen-bond donors (Lipinski definition) is 2. The van der Waals surface area contributed by atoms with E-state index in [9.17, 15) is 18.7 Å². The summed E-state index contributed by atoms with van der Waals surface area (Å²) in [6.45, 7) is -2.01. The van der Waals surface area contributed by atoms with Gasteiger partial charge in [-0.05, 0) is 18.2 Å². The summed E-state index contributed by atoms with van der Waals surface area (Å²) in [7, 11) is 1.57. The summed E-state index contributed by atoms with van der Waals surface area (Å²) in [4.78, 5) is 13.7. The molecule has 1 aromatic rings. The number of likely N-dealkylation sites (N-methyl/N-ethyl adjacent to an activating group) is 1. The summed E-state index contributed by atoms with van der Waals surface area (Å²) < 4.78 is 28.6. The number of benzene rings is 1. The van der Waals surface area contributed by atoms with Gasteiger partial charge < -0.3 is 20.1 Å². The van der Waals surface area contributed by atoms with Gasteiger partial charge >= 0.3 is 6.61 Å². The summed E-state index contributed by atoms with van der Waals surface area (Å²) >= 11 is 0. The summed E-state index contributed by atoms with van der Waals surface area (Å²) in [6, 6.07) is 5.28. The number of aliphatic hydroxyl groups is 1. The summed E-state index contributed by atoms with van der Waals surface area (Å²) in [5.41, 5.74) is 0.241. The predicted molar refractivity (Wildman–Crippen MR) is 67.8 cm³/mol. The lowest BCUT2D eigenvalue weighted by molar-refractivity contribution is -0.0499. The molecule has 7 heteroatoms. The van der Waals surface area contributed by atoms with Crippen molar-refractivity contribution in [3.05, 3.63) is 29.8 Å². The molecule has 110 valence electrons. The monoisotopic (exact) mass is 286 g/mol. The Morgan fingerprint density at radius 3 is 2.85 bits per heavy atom. The number of alkyl halides is 2. The normalized spacial score (nSPS) is 22.1. The second-order valence-electron chi connectivity index (χ2n) is 4.62. The largest absolute Gasteiger partial charge is 0.435 e. The number of amides is 1. The van der Waals surface area contributed by atoms with Gasteiger partial charge in [0.15, 0.2) is 0 Å². The molecule has 0 unspecified atom stereocenters. The molecule has 1 fully saturated rings. The highest BCUT2D eigenvalue weighted by molar-refractivity contribution is 5.94. The third kappa shape index (κ3) is 3.23. The first-order valence-electron chi connectivity index (χ1n) is 6.20. The molecular weight excluding hydrogens is 270 g/mol. The molecule has 0 aliphatic carbocycles. The fourth-order valence-electron chi connectivity index (χ4n) is 2.21. The molecule has 1 heterocycles. The van der Waals surface area contributed by atoms with Crippen molar-refractivity contribution in [2.45, 2.75) is 18.8 Å². The highest BCUT2D eigenvalue weighted by Crippen LogP contribution is 2.18. The minimum absolute atomic E-state index is 0.0654. The van der Waals surface area contributed by atoms with E-state index in [1.807, 2.05) is 0 Å². The van der Waals surface area contributed by atoms with E-state index in [0.717, 1.165) is 0 Å². The lowest BCUT2D eigenvalue weighted by Gasteiger charge is -2.26. The van der Waals surface area contributed by atoms with Gasteiger partial charge in [-0.1, -0.05) is 6.07 Å². The Morgan fingerprint density at radius 2 is 2.25 bits per heavy atom. The van der Waals surface area contributed by atoms with Crippen molar-refractivity contribution in [2.75, 3.05) is 20.1 Å². The van der Waals surface area contributed by atoms with E-state index >= 15 is 0 Å². The molecule has 2 rings (SSSR count). The SMILES string of the molecule is CN(C(=O)c1cccc(OC(F)F)c1)[C@@H]1CNC[C@H]1O. The van der Waals surface area contributed by atoms with E-state index in [4.69, 9.17) is 0 Å². The molecule has 2 atom stereocenters. The summed E-state index contributed by atoms with van der Waals surface area (Å²) in [6.07, 6.45) is -0.635. The Hall–Kier alpha value is -1.73. The van der Waals surface area contributed by atoms with Crippen molar-refractivity contribution in [2.24, 2.45) is 0 Å². The number of carbonyl (C=O) groups excluding carboxylic acids is 1. The van der Waals surface area contributed by atoms with Crippen molar-refractivity contribution in [3.8, 4) is 5.75 Å². The zero-order valence-electron chi connectivity index (χ0n) is 10.9. The quantitative estimate of drug-likeness (QED) is 0.855. The van der Waals surface area contributed by atoms with E-state index < -0.39 is 12.7 Å². The Bertz CT molecular complexity index is 484. The molecule has 1 aromatic carbocycles. The number of ether oxygens (including phenoxy) is 1. The molecule has 0 bridgehead atoms. The predicted octanol–water partition coefficient (Wildman–Crippen LogP) is 0.693. The molecule has 0 radical (unpaired) electrons. The Balaban J connectivity index is 2.12. The maximum Gasteiger partial charge on any atom is 0.387 e. The number of β-amino-alcohol motifs (C(OH)–C–C–N with tert-alkyl or cyclic N) is 1. The van der Waals surface area contributed by atoms with Gasteiger partial charge in [0.25, 0.3) is 5.91 Å². The van der Waals surface area contributed by atoms with Gasteiger partial charge in [-0.25, -0.2) is 0 Å². The van der Waals surface area contributed by atoms with Crippen LogP contribution in [0.4, 0.5) is 8.78 Å². The average molecular weight is 286 g/mol. The molecule has 5 nitrogen and oxygen atoms in total. The molecule has 0 saturated carbocycles. The van der Waals surface area contributed by atoms with Crippen LogP contribution in [0, 0.1) is 0 Å². The van der Waals surface area contributed by atoms with Gasteiger partial charge in [0.2, 0.25) is 0 Å². The van der Waals surface area contributed by atoms with Crippen LogP contribution < -0.4 is 10.1 Å². The molecule has 0 spiro atoms. The van der Waals surface area contributed by atoms with Crippen molar-refractivity contribution in [1.29, 1.82) is 0 Å². The topological polar surface area (TPSA) is 61.8 Å². The zero-order valence-corrected chi connectivity index (χ0v) is 10.9. The van der Waals surface area contributed by atoms with Gasteiger partial charge in [0, 0.05) is 25.7 Å². The number of nitrogens with zero attached hydrogens (tertiary/aromatic N) is 1. The second kappa shape index (κ2) is 6.15. The number of halogens is 2. The van der Waals surface area contributed by atoms with Gasteiger partial charge in [-0.2, -0.15) is 8.78 Å². The molecule has 0 aromatic heterocycles. The van der Waals surface area contributed by atoms with Crippen molar-refractivity contribution in [3.63, 3.8) is 0 Å². The Morgan fingerprint density at radius 1 is 1.50 bits per heavy atom. The number of hydrogen-bond acceptors (Lipinski definition) is 4. The zero-order chi connectivity index (χ0) is 14.7. The van der Waals surface area contributed by atoms with Crippen LogP contribution in [0.5, 0.6) is 5.75 Å². The molecule has 2 N–H and O–H groups in total. The number of carbonyl (C=O) groups is 1. The highest BCUT2D eigenvalue weighted by atomic mass is 19.3. The van der Waals surface area contributed by atoms with E-state index in [1.165, 1.54) is 29.2 Å². The smallest absolute Gasteiger partial charge is 0.387 e. The fraction of sp³-hybridized carbons (Fsp3) is 0.462. The lowest BCUT2D eigenvalue weighted by atomic mass is 10.1. The van der Waals surface area contributed by atoms with Crippen molar-refractivity contribution >= 4 is 5.91 Å². The standard InChI is InChI=1S/C13H16F2N2O3/c1-17(10-6-16-7-11(10)18)12(19)8-3-2-4-9(5-8)20-13(14)15/h2-5,10-11,13,16,18H,6-7H2,1H3/t10-,11-/m1/s1. The van der Waals surface area contributed by atoms with E-state index in [2.05, 4.69) is 10.1 Å². The van der Waals surface area contributed by atoms with Crippen molar-refractivity contribution in [1.82, 2.24) is 10.2 Å². The number of rotatable bonds is 4. The Labute approximate surface area is 115 Å². The maximum absolute atomic E-state index is 12.3. The van der Waals surface area contributed by atoms with Crippen LogP contribution >= 0.6 is 0 Å². The minimum Gasteiger partial charge on any atom is -0.435 e. The third-order valence-corrected chi connectivity index (χ3v) is 3.28. The molecule has 1 aliphatic rings. The molecule has 1 aliphatic heterocycles. The number of nitrogens with one attached hydrogen (secondary N) is 1. The second-order valence-corrected chi connectivity index (χ2v) is 4.62. The third-order valence-electron chi connectivity index (χ3n) is 3.28. The van der Waals surface area contributed by atoms with Crippen LogP contribution in [0.15, 0.2) is 24.3 Å². The van der Waals surface area contributed by atoms with Gasteiger partial charge in [0.1, 0.15) is 5.75 Å². The summed E-state index contributed by atoms with van der Waals surface area (Å²) in [5, 5.41) is 12.7. The molecule has 20 heavy (non-hydrogen) atoms. The van der Waals surface area contributed by atoms with Crippen LogP contribution in [-0.2, 0) is 0 Å². The van der Waals surface area contributed by atoms with E-state index in [1.54, 1.807) is 7.05 Å². The van der Waals surface area contributed by atoms with E-state index in [-0.39, 0.29) is 23.3 Å². The van der Waals surface area contributed by atoms with Crippen molar-refractivity contribution < 1.29 is 23.4 Å². The van der Waals surface area contributed by atoms with Gasteiger partial charge in [-0.15, -0.1) is 0 Å². The van der Waals surface area contributed by atoms with Crippen LogP contribution in [0.25, 0.3) is 0 Å². The van der Waals surface area contributed by atoms with Gasteiger partial charge in [-0.3, -0.25) is 4.79 Å². The van der Waals surface area contributed by atoms with Crippen LogP contribution in [0.3, 0.4) is 0 Å². The first-order chi connectivity index (χ1) is 9.49. The fourth-order valence-corrected chi connectivity index (χ4v) is 2.21. The number of aliphatic hydroxyl groups excluding tert-OH is 1. The van der Waals surface area contributed by atoms with Crippen LogP contribution in [0.1, 0.15) is 10.4 Å². The minimum atomic E-state index is -2.93. The molecule has 1 saturated heterocycles. The first kappa shape index (κ1) is 14.7. The maximum atomic E-state index is 12.3. The lowest BCUT2D eigenvalue weighted by Crippen LogP contribution is -2.44. The first-order valence-corrected chi connectivity index (χ1v) is 6.20. The van der Waals surface area contributed by atoms with Crippen LogP contribution in [-0.4, -0.2) is 54.8 Å².